The Bertz CT molecular complexity index is 783. The van der Waals surface area contributed by atoms with Gasteiger partial charge in [-0.1, -0.05) is 6.92 Å². The first-order valence-corrected chi connectivity index (χ1v) is 9.49. The van der Waals surface area contributed by atoms with Gasteiger partial charge in [0.1, 0.15) is 16.5 Å². The number of carbonyl (C=O) groups excluding carboxylic acids is 1. The van der Waals surface area contributed by atoms with Crippen LogP contribution >= 0.6 is 0 Å². The number of hydrogen-bond acceptors (Lipinski definition) is 4. The number of likely N-dealkylation sites (tertiary alicyclic amines) is 1. The van der Waals surface area contributed by atoms with Gasteiger partial charge in [0, 0.05) is 39.5 Å². The molecule has 0 unspecified atom stereocenters. The van der Waals surface area contributed by atoms with Gasteiger partial charge in [0.15, 0.2) is 4.91 Å². The van der Waals surface area contributed by atoms with E-state index in [1.54, 1.807) is 14.1 Å². The van der Waals surface area contributed by atoms with Crippen LogP contribution in [-0.4, -0.2) is 51.3 Å². The van der Waals surface area contributed by atoms with Crippen LogP contribution in [0.5, 0.6) is 0 Å². The van der Waals surface area contributed by atoms with Gasteiger partial charge in [-0.3, -0.25) is 4.79 Å². The van der Waals surface area contributed by atoms with Crippen LogP contribution in [0.1, 0.15) is 19.8 Å². The van der Waals surface area contributed by atoms with Gasteiger partial charge in [0.2, 0.25) is 9.84 Å². The number of benzene rings is 1. The van der Waals surface area contributed by atoms with E-state index in [0.29, 0.717) is 25.1 Å². The molecular formula is C17H22F2N2O3S. The third-order valence-corrected chi connectivity index (χ3v) is 5.90. The van der Waals surface area contributed by atoms with Gasteiger partial charge >= 0.3 is 0 Å². The Kier molecular flexibility index (Phi) is 5.82. The van der Waals surface area contributed by atoms with Crippen molar-refractivity contribution in [2.45, 2.75) is 24.7 Å². The molecule has 1 amide bonds. The van der Waals surface area contributed by atoms with E-state index in [2.05, 4.69) is 6.92 Å². The summed E-state index contributed by atoms with van der Waals surface area (Å²) in [5, 5.41) is 0. The zero-order chi connectivity index (χ0) is 18.8. The Balaban J connectivity index is 2.45. The fraction of sp³-hybridized carbons (Fsp3) is 0.471. The third-order valence-electron chi connectivity index (χ3n) is 4.13. The van der Waals surface area contributed by atoms with E-state index < -0.39 is 37.2 Å². The lowest BCUT2D eigenvalue weighted by Gasteiger charge is -2.31. The first kappa shape index (κ1) is 19.4. The van der Waals surface area contributed by atoms with E-state index in [-0.39, 0.29) is 0 Å². The standard InChI is InChI=1S/C17H22F2N2O3S/c1-12-6-8-21(9-7-12)17(22)16(11-20(2)3)25(23,24)15-5-4-13(18)10-14(15)19/h4-5,10-12H,6-9H2,1-3H3. The smallest absolute Gasteiger partial charge is 0.267 e. The van der Waals surface area contributed by atoms with Gasteiger partial charge in [-0.2, -0.15) is 0 Å². The molecule has 5 nitrogen and oxygen atoms in total. The number of sulfone groups is 1. The molecule has 0 aromatic heterocycles. The van der Waals surface area contributed by atoms with Crippen molar-refractivity contribution in [1.82, 2.24) is 9.80 Å². The highest BCUT2D eigenvalue weighted by Crippen LogP contribution is 2.26. The van der Waals surface area contributed by atoms with Gasteiger partial charge in [0.25, 0.3) is 5.91 Å². The topological polar surface area (TPSA) is 57.7 Å². The number of nitrogens with zero attached hydrogens (tertiary/aromatic N) is 2. The minimum absolute atomic E-state index is 0.451. The van der Waals surface area contributed by atoms with Gasteiger partial charge in [-0.05, 0) is 30.9 Å². The number of amides is 1. The predicted octanol–water partition coefficient (Wildman–Crippen LogP) is 2.40. The first-order chi connectivity index (χ1) is 11.6. The molecule has 1 heterocycles. The highest BCUT2D eigenvalue weighted by Gasteiger charge is 2.34. The van der Waals surface area contributed by atoms with Gasteiger partial charge in [0.05, 0.1) is 0 Å². The Hall–Kier alpha value is -1.96. The van der Waals surface area contributed by atoms with Crippen LogP contribution < -0.4 is 0 Å². The zero-order valence-corrected chi connectivity index (χ0v) is 15.3. The fourth-order valence-corrected chi connectivity index (χ4v) is 4.16. The number of hydrogen-bond donors (Lipinski definition) is 0. The molecule has 0 saturated carbocycles. The van der Waals surface area contributed by atoms with Crippen LogP contribution in [0.25, 0.3) is 0 Å². The average Bonchev–Trinajstić information content (AvgIpc) is 2.52. The molecular weight excluding hydrogens is 350 g/mol. The highest BCUT2D eigenvalue weighted by atomic mass is 32.2. The molecule has 138 valence electrons. The summed E-state index contributed by atoms with van der Waals surface area (Å²) in [5.41, 5.74) is 0. The van der Waals surface area contributed by atoms with E-state index in [4.69, 9.17) is 0 Å². The predicted molar refractivity (Wildman–Crippen MR) is 90.3 cm³/mol. The molecule has 0 atom stereocenters. The molecule has 8 heteroatoms. The van der Waals surface area contributed by atoms with Crippen LogP contribution in [0.3, 0.4) is 0 Å². The molecule has 25 heavy (non-hydrogen) atoms. The van der Waals surface area contributed by atoms with Crippen molar-refractivity contribution >= 4 is 15.7 Å². The number of piperidine rings is 1. The number of carbonyl (C=O) groups is 1. The maximum absolute atomic E-state index is 14.0. The van der Waals surface area contributed by atoms with E-state index in [9.17, 15) is 22.0 Å². The monoisotopic (exact) mass is 372 g/mol. The summed E-state index contributed by atoms with van der Waals surface area (Å²) in [4.78, 5) is 14.5. The maximum atomic E-state index is 14.0. The van der Waals surface area contributed by atoms with E-state index in [1.807, 2.05) is 0 Å². The molecule has 1 aliphatic rings. The minimum Gasteiger partial charge on any atom is -0.382 e. The van der Waals surface area contributed by atoms with Crippen molar-refractivity contribution in [2.24, 2.45) is 5.92 Å². The molecule has 1 fully saturated rings. The van der Waals surface area contributed by atoms with Crippen LogP contribution in [0.15, 0.2) is 34.2 Å². The summed E-state index contributed by atoms with van der Waals surface area (Å²) in [5.74, 6) is -2.29. The second kappa shape index (κ2) is 7.51. The molecule has 0 N–H and O–H groups in total. The Morgan fingerprint density at radius 2 is 1.84 bits per heavy atom. The largest absolute Gasteiger partial charge is 0.382 e. The van der Waals surface area contributed by atoms with Crippen molar-refractivity contribution < 1.29 is 22.0 Å². The molecule has 1 aromatic carbocycles. The Labute approximate surface area is 146 Å². The molecule has 0 spiro atoms. The Morgan fingerprint density at radius 1 is 1.24 bits per heavy atom. The van der Waals surface area contributed by atoms with Crippen LogP contribution in [0, 0.1) is 17.6 Å². The van der Waals surface area contributed by atoms with E-state index >= 15 is 0 Å². The Morgan fingerprint density at radius 3 is 2.36 bits per heavy atom. The van der Waals surface area contributed by atoms with Crippen molar-refractivity contribution in [1.29, 1.82) is 0 Å². The molecule has 0 aliphatic carbocycles. The summed E-state index contributed by atoms with van der Waals surface area (Å²) in [7, 11) is -1.28. The lowest BCUT2D eigenvalue weighted by molar-refractivity contribution is -0.127. The highest BCUT2D eigenvalue weighted by molar-refractivity contribution is 7.96. The molecule has 1 aliphatic heterocycles. The molecule has 2 rings (SSSR count). The fourth-order valence-electron chi connectivity index (χ4n) is 2.65. The second-order valence-corrected chi connectivity index (χ2v) is 8.40. The van der Waals surface area contributed by atoms with Crippen LogP contribution in [0.4, 0.5) is 8.78 Å². The van der Waals surface area contributed by atoms with E-state index in [0.717, 1.165) is 25.0 Å². The van der Waals surface area contributed by atoms with Crippen molar-refractivity contribution in [3.8, 4) is 0 Å². The zero-order valence-electron chi connectivity index (χ0n) is 14.5. The average molecular weight is 372 g/mol. The summed E-state index contributed by atoms with van der Waals surface area (Å²) < 4.78 is 52.8. The summed E-state index contributed by atoms with van der Waals surface area (Å²) in [6, 6.07) is 2.19. The lowest BCUT2D eigenvalue weighted by atomic mass is 9.99. The summed E-state index contributed by atoms with van der Waals surface area (Å²) in [6.07, 6.45) is 2.73. The second-order valence-electron chi connectivity index (χ2n) is 6.51. The molecule has 1 saturated heterocycles. The molecule has 0 radical (unpaired) electrons. The first-order valence-electron chi connectivity index (χ1n) is 8.00. The summed E-state index contributed by atoms with van der Waals surface area (Å²) >= 11 is 0. The summed E-state index contributed by atoms with van der Waals surface area (Å²) in [6.45, 7) is 2.97. The van der Waals surface area contributed by atoms with Crippen molar-refractivity contribution in [3.05, 3.63) is 40.9 Å². The van der Waals surface area contributed by atoms with Crippen molar-refractivity contribution in [2.75, 3.05) is 27.2 Å². The van der Waals surface area contributed by atoms with Crippen LogP contribution in [0.2, 0.25) is 0 Å². The van der Waals surface area contributed by atoms with Gasteiger partial charge < -0.3 is 9.80 Å². The minimum atomic E-state index is -4.42. The quantitative estimate of drug-likeness (QED) is 0.602. The molecule has 1 aromatic rings. The van der Waals surface area contributed by atoms with E-state index in [1.165, 1.54) is 16.0 Å². The normalized spacial score (nSPS) is 16.8. The van der Waals surface area contributed by atoms with Crippen LogP contribution in [-0.2, 0) is 14.6 Å². The van der Waals surface area contributed by atoms with Gasteiger partial charge in [-0.25, -0.2) is 17.2 Å². The molecule has 0 bridgehead atoms. The number of rotatable bonds is 4. The van der Waals surface area contributed by atoms with Gasteiger partial charge in [-0.15, -0.1) is 0 Å². The van der Waals surface area contributed by atoms with Crippen molar-refractivity contribution in [3.63, 3.8) is 0 Å². The maximum Gasteiger partial charge on any atom is 0.267 e. The SMILES string of the molecule is CC1CCN(C(=O)C(=CN(C)C)S(=O)(=O)c2ccc(F)cc2F)CC1. The third kappa shape index (κ3) is 4.36. The number of halogens is 2. The lowest BCUT2D eigenvalue weighted by Crippen LogP contribution is -2.40.